The van der Waals surface area contributed by atoms with Gasteiger partial charge in [-0.2, -0.15) is 4.57 Å². The molecule has 0 amide bonds. The van der Waals surface area contributed by atoms with Crippen molar-refractivity contribution in [3.63, 3.8) is 0 Å². The highest BCUT2D eigenvalue weighted by Crippen LogP contribution is 2.13. The van der Waals surface area contributed by atoms with Crippen molar-refractivity contribution >= 4 is 11.3 Å². The van der Waals surface area contributed by atoms with Crippen molar-refractivity contribution in [3.8, 4) is 0 Å². The zero-order chi connectivity index (χ0) is 9.10. The fourth-order valence-corrected chi connectivity index (χ4v) is 2.19. The highest BCUT2D eigenvalue weighted by atomic mass is 35.5. The van der Waals surface area contributed by atoms with E-state index < -0.39 is 0 Å². The van der Waals surface area contributed by atoms with Gasteiger partial charge in [0.15, 0.2) is 18.9 Å². The topological polar surface area (TPSA) is 3.88 Å². The number of rotatable bonds is 2. The minimum atomic E-state index is 0. The molecule has 0 spiro atoms. The van der Waals surface area contributed by atoms with Gasteiger partial charge in [0.2, 0.25) is 0 Å². The van der Waals surface area contributed by atoms with Crippen LogP contribution in [0.15, 0.2) is 42.7 Å². The van der Waals surface area contributed by atoms with Gasteiger partial charge in [0.05, 0.1) is 4.88 Å². The quantitative estimate of drug-likeness (QED) is 0.601. The Hall–Kier alpha value is -0.860. The van der Waals surface area contributed by atoms with E-state index in [4.69, 9.17) is 0 Å². The number of nitrogens with zero attached hydrogens (tertiary/aromatic N) is 1. The first kappa shape index (κ1) is 11.2. The minimum absolute atomic E-state index is 0. The van der Waals surface area contributed by atoms with Gasteiger partial charge in [0, 0.05) is 17.0 Å². The monoisotopic (exact) mass is 225 g/mol. The molecule has 0 radical (unpaired) electrons. The van der Waals surface area contributed by atoms with Gasteiger partial charge in [-0.05, 0) is 19.1 Å². The van der Waals surface area contributed by atoms with Gasteiger partial charge in [-0.15, -0.1) is 11.3 Å². The molecule has 0 unspecified atom stereocenters. The Labute approximate surface area is 94.4 Å². The Morgan fingerprint density at radius 1 is 1.14 bits per heavy atom. The fraction of sp³-hybridized carbons (Fsp3) is 0.182. The number of halogens is 1. The van der Waals surface area contributed by atoms with Gasteiger partial charge in [-0.3, -0.25) is 0 Å². The summed E-state index contributed by atoms with van der Waals surface area (Å²) in [5, 5.41) is 0. The maximum absolute atomic E-state index is 2.19. The molecule has 0 aliphatic rings. The summed E-state index contributed by atoms with van der Waals surface area (Å²) in [7, 11) is 0. The Morgan fingerprint density at radius 3 is 2.43 bits per heavy atom. The van der Waals surface area contributed by atoms with Gasteiger partial charge in [0.1, 0.15) is 0 Å². The molecule has 3 heteroatoms. The van der Waals surface area contributed by atoms with E-state index in [1.165, 1.54) is 9.75 Å². The first-order valence-corrected chi connectivity index (χ1v) is 5.15. The standard InChI is InChI=1S/C11H12NS.ClH/c1-10-5-6-11(13-10)9-12-7-3-2-4-8-12;/h2-8H,9H2,1H3;1H/q+1;/p-1. The molecule has 74 valence electrons. The van der Waals surface area contributed by atoms with Crippen molar-refractivity contribution in [2.24, 2.45) is 0 Å². The first-order chi connectivity index (χ1) is 6.34. The summed E-state index contributed by atoms with van der Waals surface area (Å²) < 4.78 is 2.19. The largest absolute Gasteiger partial charge is 1.00 e. The molecule has 14 heavy (non-hydrogen) atoms. The highest BCUT2D eigenvalue weighted by Gasteiger charge is 2.02. The average Bonchev–Trinajstić information content (AvgIpc) is 2.53. The molecular weight excluding hydrogens is 214 g/mol. The molecule has 2 heterocycles. The van der Waals surface area contributed by atoms with E-state index in [1.54, 1.807) is 0 Å². The summed E-state index contributed by atoms with van der Waals surface area (Å²) in [4.78, 5) is 2.79. The van der Waals surface area contributed by atoms with Crippen molar-refractivity contribution in [1.29, 1.82) is 0 Å². The van der Waals surface area contributed by atoms with Gasteiger partial charge in [-0.1, -0.05) is 6.07 Å². The molecule has 0 bridgehead atoms. The number of hydrogen-bond donors (Lipinski definition) is 0. The van der Waals surface area contributed by atoms with Gasteiger partial charge in [0.25, 0.3) is 0 Å². The van der Waals surface area contributed by atoms with E-state index in [2.05, 4.69) is 48.1 Å². The number of thiophene rings is 1. The average molecular weight is 226 g/mol. The molecule has 0 saturated carbocycles. The lowest BCUT2D eigenvalue weighted by Gasteiger charge is -1.91. The second-order valence-corrected chi connectivity index (χ2v) is 4.43. The van der Waals surface area contributed by atoms with Crippen molar-refractivity contribution in [1.82, 2.24) is 0 Å². The van der Waals surface area contributed by atoms with Crippen molar-refractivity contribution < 1.29 is 17.0 Å². The molecule has 2 rings (SSSR count). The van der Waals surface area contributed by atoms with Crippen LogP contribution in [0, 0.1) is 6.92 Å². The third kappa shape index (κ3) is 2.82. The predicted octanol–water partition coefficient (Wildman–Crippen LogP) is -0.604. The summed E-state index contributed by atoms with van der Waals surface area (Å²) in [6, 6.07) is 10.5. The number of aromatic nitrogens is 1. The van der Waals surface area contributed by atoms with E-state index in [0.29, 0.717) is 0 Å². The maximum atomic E-state index is 2.19. The van der Waals surface area contributed by atoms with Crippen LogP contribution >= 0.6 is 11.3 Å². The zero-order valence-electron chi connectivity index (χ0n) is 7.98. The molecule has 0 saturated heterocycles. The summed E-state index contributed by atoms with van der Waals surface area (Å²) in [5.41, 5.74) is 0. The van der Waals surface area contributed by atoms with Crippen molar-refractivity contribution in [3.05, 3.63) is 52.5 Å². The Balaban J connectivity index is 0.000000980. The molecule has 2 aromatic heterocycles. The Morgan fingerprint density at radius 2 is 1.86 bits per heavy atom. The normalized spacial score (nSPS) is 9.50. The van der Waals surface area contributed by atoms with Crippen LogP contribution in [0.2, 0.25) is 0 Å². The summed E-state index contributed by atoms with van der Waals surface area (Å²) >= 11 is 1.86. The number of aryl methyl sites for hydroxylation is 1. The van der Waals surface area contributed by atoms with Crippen LogP contribution in [0.4, 0.5) is 0 Å². The van der Waals surface area contributed by atoms with E-state index >= 15 is 0 Å². The van der Waals surface area contributed by atoms with Gasteiger partial charge < -0.3 is 12.4 Å². The van der Waals surface area contributed by atoms with Crippen LogP contribution in [0.25, 0.3) is 0 Å². The minimum Gasteiger partial charge on any atom is -1.00 e. The van der Waals surface area contributed by atoms with Gasteiger partial charge in [-0.25, -0.2) is 0 Å². The third-order valence-electron chi connectivity index (χ3n) is 1.91. The maximum Gasteiger partial charge on any atom is 0.182 e. The zero-order valence-corrected chi connectivity index (χ0v) is 9.55. The Bertz CT molecular complexity index is 383. The van der Waals surface area contributed by atoms with Crippen molar-refractivity contribution in [2.45, 2.75) is 13.5 Å². The second kappa shape index (κ2) is 5.13. The second-order valence-electron chi connectivity index (χ2n) is 3.06. The van der Waals surface area contributed by atoms with Crippen LogP contribution in [0.1, 0.15) is 9.75 Å². The summed E-state index contributed by atoms with van der Waals surface area (Å²) in [5.74, 6) is 0. The van der Waals surface area contributed by atoms with E-state index in [9.17, 15) is 0 Å². The SMILES string of the molecule is Cc1ccc(C[n+]2ccccc2)s1.[Cl-]. The lowest BCUT2D eigenvalue weighted by Crippen LogP contribution is -3.00. The lowest BCUT2D eigenvalue weighted by atomic mass is 10.4. The first-order valence-electron chi connectivity index (χ1n) is 4.34. The molecule has 0 fully saturated rings. The Kier molecular flexibility index (Phi) is 4.11. The van der Waals surface area contributed by atoms with Crippen LogP contribution in [0.3, 0.4) is 0 Å². The number of pyridine rings is 1. The summed E-state index contributed by atoms with van der Waals surface area (Å²) in [6.07, 6.45) is 4.18. The predicted molar refractivity (Wildman–Crippen MR) is 54.8 cm³/mol. The molecule has 2 aromatic rings. The summed E-state index contributed by atoms with van der Waals surface area (Å²) in [6.45, 7) is 3.13. The van der Waals surface area contributed by atoms with Crippen LogP contribution in [-0.4, -0.2) is 0 Å². The molecule has 0 aliphatic carbocycles. The molecule has 0 aromatic carbocycles. The van der Waals surface area contributed by atoms with Crippen LogP contribution in [-0.2, 0) is 6.54 Å². The van der Waals surface area contributed by atoms with Gasteiger partial charge >= 0.3 is 0 Å². The van der Waals surface area contributed by atoms with Crippen LogP contribution in [0.5, 0.6) is 0 Å². The van der Waals surface area contributed by atoms with Crippen molar-refractivity contribution in [2.75, 3.05) is 0 Å². The highest BCUT2D eigenvalue weighted by molar-refractivity contribution is 7.11. The number of hydrogen-bond acceptors (Lipinski definition) is 1. The van der Waals surface area contributed by atoms with Crippen LogP contribution < -0.4 is 17.0 Å². The smallest absolute Gasteiger partial charge is 0.182 e. The lowest BCUT2D eigenvalue weighted by molar-refractivity contribution is -0.687. The molecular formula is C11H12ClNS. The third-order valence-corrected chi connectivity index (χ3v) is 2.90. The molecule has 0 aliphatic heterocycles. The fourth-order valence-electron chi connectivity index (χ4n) is 1.29. The van der Waals surface area contributed by atoms with E-state index in [-0.39, 0.29) is 12.4 Å². The molecule has 0 atom stereocenters. The molecule has 0 N–H and O–H groups in total. The molecule has 1 nitrogen and oxygen atoms in total. The van der Waals surface area contributed by atoms with E-state index in [0.717, 1.165) is 6.54 Å². The van der Waals surface area contributed by atoms with E-state index in [1.807, 2.05) is 17.4 Å².